The lowest BCUT2D eigenvalue weighted by Crippen LogP contribution is -2.51. The number of anilines is 2. The average Bonchev–Trinajstić information content (AvgIpc) is 3.41. The van der Waals surface area contributed by atoms with E-state index in [0.717, 1.165) is 35.6 Å². The minimum absolute atomic E-state index is 0.0756. The fourth-order valence-electron chi connectivity index (χ4n) is 4.58. The number of hydrogen-bond acceptors (Lipinski definition) is 7. The number of halogens is 2. The fourth-order valence-corrected chi connectivity index (χ4v) is 4.58. The summed E-state index contributed by atoms with van der Waals surface area (Å²) in [4.78, 5) is 35.6. The monoisotopic (exact) mass is 564 g/mol. The van der Waals surface area contributed by atoms with E-state index in [9.17, 15) is 18.4 Å². The van der Waals surface area contributed by atoms with Crippen molar-refractivity contribution in [1.29, 1.82) is 0 Å². The summed E-state index contributed by atoms with van der Waals surface area (Å²) in [6.07, 6.45) is 5.07. The van der Waals surface area contributed by atoms with E-state index in [1.165, 1.54) is 12.1 Å². The van der Waals surface area contributed by atoms with Gasteiger partial charge in [0, 0.05) is 68.5 Å². The number of imidazole rings is 1. The summed E-state index contributed by atoms with van der Waals surface area (Å²) in [6.45, 7) is 2.49. The van der Waals surface area contributed by atoms with Crippen molar-refractivity contribution >= 4 is 29.1 Å². The highest BCUT2D eigenvalue weighted by Gasteiger charge is 2.16. The van der Waals surface area contributed by atoms with Gasteiger partial charge >= 0.3 is 12.6 Å². The average molecular weight is 565 g/mol. The Kier molecular flexibility index (Phi) is 8.53. The lowest BCUT2D eigenvalue weighted by atomic mass is 10.1. The molecule has 0 radical (unpaired) electrons. The lowest BCUT2D eigenvalue weighted by Gasteiger charge is -2.27. The minimum Gasteiger partial charge on any atom is -0.435 e. The molecule has 1 saturated heterocycles. The van der Waals surface area contributed by atoms with Gasteiger partial charge in [0.15, 0.2) is 11.5 Å². The molecule has 3 heterocycles. The number of amides is 3. The van der Waals surface area contributed by atoms with Gasteiger partial charge in [-0.25, -0.2) is 14.8 Å². The number of hydrogen-bond donors (Lipinski definition) is 4. The largest absolute Gasteiger partial charge is 0.435 e. The molecule has 214 valence electrons. The molecule has 1 aliphatic heterocycles. The molecule has 13 heteroatoms. The highest BCUT2D eigenvalue weighted by atomic mass is 19.3. The van der Waals surface area contributed by atoms with Crippen molar-refractivity contribution in [2.45, 2.75) is 13.5 Å². The predicted molar refractivity (Wildman–Crippen MR) is 150 cm³/mol. The molecule has 2 aromatic carbocycles. The topological polar surface area (TPSA) is 125 Å². The van der Waals surface area contributed by atoms with E-state index < -0.39 is 6.61 Å². The Hall–Kier alpha value is -4.78. The zero-order chi connectivity index (χ0) is 28.8. The number of aromatic nitrogens is 3. The van der Waals surface area contributed by atoms with Crippen molar-refractivity contribution in [3.63, 3.8) is 0 Å². The van der Waals surface area contributed by atoms with Crippen molar-refractivity contribution in [1.82, 2.24) is 35.2 Å². The second-order valence-corrected chi connectivity index (χ2v) is 9.40. The Balaban J connectivity index is 1.20. The minimum atomic E-state index is -2.88. The smallest absolute Gasteiger partial charge is 0.387 e. The van der Waals surface area contributed by atoms with Gasteiger partial charge in [-0.15, -0.1) is 0 Å². The van der Waals surface area contributed by atoms with Gasteiger partial charge in [0.05, 0.1) is 11.9 Å². The molecule has 0 unspecified atom stereocenters. The zero-order valence-corrected chi connectivity index (χ0v) is 22.4. The summed E-state index contributed by atoms with van der Waals surface area (Å²) < 4.78 is 31.2. The maximum atomic E-state index is 12.7. The maximum Gasteiger partial charge on any atom is 0.387 e. The molecule has 2 aromatic heterocycles. The highest BCUT2D eigenvalue weighted by Crippen LogP contribution is 2.27. The van der Waals surface area contributed by atoms with Crippen LogP contribution < -0.4 is 26.0 Å². The van der Waals surface area contributed by atoms with Crippen molar-refractivity contribution in [3.05, 3.63) is 72.2 Å². The van der Waals surface area contributed by atoms with Gasteiger partial charge in [-0.05, 0) is 55.0 Å². The number of fused-ring (bicyclic) bond motifs is 1. The number of urea groups is 1. The van der Waals surface area contributed by atoms with Crippen LogP contribution >= 0.6 is 0 Å². The van der Waals surface area contributed by atoms with E-state index in [1.54, 1.807) is 47.8 Å². The first-order chi connectivity index (χ1) is 19.9. The van der Waals surface area contributed by atoms with Crippen LogP contribution in [-0.4, -0.2) is 77.1 Å². The fraction of sp³-hybridized carbons (Fsp3) is 0.286. The number of benzene rings is 2. The third-order valence-electron chi connectivity index (χ3n) is 6.63. The van der Waals surface area contributed by atoms with Crippen molar-refractivity contribution in [2.24, 2.45) is 0 Å². The van der Waals surface area contributed by atoms with Gasteiger partial charge in [0.2, 0.25) is 0 Å². The molecule has 4 N–H and O–H groups in total. The van der Waals surface area contributed by atoms with Crippen LogP contribution in [0.4, 0.5) is 25.1 Å². The Bertz CT molecular complexity index is 1520. The molecule has 0 spiro atoms. The highest BCUT2D eigenvalue weighted by molar-refractivity contribution is 5.96. The molecule has 11 nitrogen and oxygen atoms in total. The summed E-state index contributed by atoms with van der Waals surface area (Å²) in [5.74, 6) is 0.355. The van der Waals surface area contributed by atoms with Crippen molar-refractivity contribution in [3.8, 4) is 17.0 Å². The molecule has 1 aliphatic rings. The number of carbonyl (C=O) groups excluding carboxylic acids is 2. The second kappa shape index (κ2) is 12.6. The zero-order valence-electron chi connectivity index (χ0n) is 22.4. The standard InChI is InChI=1S/C28H30F2N8O3/c1-18-16-20(4-7-22(18)26(39)33-8-9-34-28(40)37-13-10-31-11-14-37)36-24-25-35-17-23(38(25)15-12-32-24)19-2-5-21(6-3-19)41-27(29)30/h2-7,12,15-17,27,31H,8-11,13-14H2,1H3,(H,32,36)(H,33,39)(H,34,40). The molecule has 0 atom stereocenters. The number of alkyl halides is 2. The van der Waals surface area contributed by atoms with Gasteiger partial charge in [-0.2, -0.15) is 8.78 Å². The van der Waals surface area contributed by atoms with E-state index in [4.69, 9.17) is 0 Å². The van der Waals surface area contributed by atoms with E-state index in [1.807, 2.05) is 17.4 Å². The summed E-state index contributed by atoms with van der Waals surface area (Å²) in [5.41, 5.74) is 4.10. The van der Waals surface area contributed by atoms with Gasteiger partial charge in [-0.1, -0.05) is 0 Å². The molecule has 5 rings (SSSR count). The molecule has 3 amide bonds. The Morgan fingerprint density at radius 2 is 1.80 bits per heavy atom. The molecular formula is C28H30F2N8O3. The predicted octanol–water partition coefficient (Wildman–Crippen LogP) is 3.39. The Morgan fingerprint density at radius 3 is 2.54 bits per heavy atom. The number of nitrogens with one attached hydrogen (secondary N) is 4. The van der Waals surface area contributed by atoms with E-state index in [-0.39, 0.29) is 17.7 Å². The SMILES string of the molecule is Cc1cc(Nc2nccn3c(-c4ccc(OC(F)F)cc4)cnc23)ccc1C(=O)NCCNC(=O)N1CCNCC1. The summed E-state index contributed by atoms with van der Waals surface area (Å²) in [7, 11) is 0. The van der Waals surface area contributed by atoms with Crippen LogP contribution in [0.2, 0.25) is 0 Å². The summed E-state index contributed by atoms with van der Waals surface area (Å²) in [5, 5.41) is 12.1. The van der Waals surface area contributed by atoms with E-state index in [0.29, 0.717) is 43.2 Å². The van der Waals surface area contributed by atoms with Gasteiger partial charge in [-0.3, -0.25) is 9.20 Å². The van der Waals surface area contributed by atoms with Crippen molar-refractivity contribution in [2.75, 3.05) is 44.6 Å². The number of carbonyl (C=O) groups is 2. The first-order valence-electron chi connectivity index (χ1n) is 13.2. The first kappa shape index (κ1) is 27.8. The van der Waals surface area contributed by atoms with Crippen molar-refractivity contribution < 1.29 is 23.1 Å². The quantitative estimate of drug-likeness (QED) is 0.230. The Labute approximate surface area is 234 Å². The summed E-state index contributed by atoms with van der Waals surface area (Å²) >= 11 is 0. The van der Waals surface area contributed by atoms with Gasteiger partial charge in [0.25, 0.3) is 5.91 Å². The van der Waals surface area contributed by atoms with Gasteiger partial charge in [0.1, 0.15) is 5.75 Å². The lowest BCUT2D eigenvalue weighted by molar-refractivity contribution is -0.0498. The summed E-state index contributed by atoms with van der Waals surface area (Å²) in [6, 6.07) is 11.5. The number of ether oxygens (including phenoxy) is 1. The van der Waals surface area contributed by atoms with Crippen LogP contribution in [0.15, 0.2) is 61.1 Å². The molecule has 41 heavy (non-hydrogen) atoms. The molecule has 0 aliphatic carbocycles. The van der Waals surface area contributed by atoms with E-state index >= 15 is 0 Å². The van der Waals surface area contributed by atoms with Crippen LogP contribution in [0.25, 0.3) is 16.9 Å². The molecule has 4 aromatic rings. The number of nitrogens with zero attached hydrogens (tertiary/aromatic N) is 4. The number of rotatable bonds is 9. The molecule has 0 bridgehead atoms. The normalized spacial score (nSPS) is 13.3. The third kappa shape index (κ3) is 6.69. The van der Waals surface area contributed by atoms with Crippen LogP contribution in [0.1, 0.15) is 15.9 Å². The second-order valence-electron chi connectivity index (χ2n) is 9.40. The van der Waals surface area contributed by atoms with Crippen LogP contribution in [0.5, 0.6) is 5.75 Å². The Morgan fingerprint density at radius 1 is 1.05 bits per heavy atom. The van der Waals surface area contributed by atoms with Crippen LogP contribution in [0, 0.1) is 6.92 Å². The number of piperazine rings is 1. The third-order valence-corrected chi connectivity index (χ3v) is 6.63. The molecular weight excluding hydrogens is 534 g/mol. The van der Waals surface area contributed by atoms with Crippen LogP contribution in [-0.2, 0) is 0 Å². The van der Waals surface area contributed by atoms with Crippen LogP contribution in [0.3, 0.4) is 0 Å². The van der Waals surface area contributed by atoms with Gasteiger partial charge < -0.3 is 30.9 Å². The first-order valence-corrected chi connectivity index (χ1v) is 13.2. The number of aryl methyl sites for hydroxylation is 1. The molecule has 1 fully saturated rings. The molecule has 0 saturated carbocycles. The van der Waals surface area contributed by atoms with E-state index in [2.05, 4.69) is 36.0 Å². The maximum absolute atomic E-state index is 12.7.